The number of fused-ring (bicyclic) bond motifs is 1. The number of amides is 1. The first-order valence-corrected chi connectivity index (χ1v) is 11.0. The Morgan fingerprint density at radius 1 is 1.06 bits per heavy atom. The van der Waals surface area contributed by atoms with Crippen LogP contribution in [0.3, 0.4) is 0 Å². The molecule has 0 radical (unpaired) electrons. The predicted octanol–water partition coefficient (Wildman–Crippen LogP) is 6.26. The van der Waals surface area contributed by atoms with Gasteiger partial charge in [0.1, 0.15) is 10.9 Å². The normalized spacial score (nSPS) is 10.9. The van der Waals surface area contributed by atoms with Crippen LogP contribution in [-0.2, 0) is 11.3 Å². The molecule has 4 aromatic rings. The number of hydrogen-bond acceptors (Lipinski definition) is 4. The molecule has 0 aliphatic rings. The van der Waals surface area contributed by atoms with Crippen molar-refractivity contribution >= 4 is 63.1 Å². The SMILES string of the molecule is COc1ccc2[nH]c(C)c(C(=O)C(=O)N(Cc3ccc(Cl)cc3Cl)c3ccnc(Cl)c3)c2c1. The van der Waals surface area contributed by atoms with Crippen LogP contribution in [0.1, 0.15) is 21.6 Å². The second-order valence-corrected chi connectivity index (χ2v) is 8.56. The molecule has 168 valence electrons. The average Bonchev–Trinajstić information content (AvgIpc) is 3.12. The van der Waals surface area contributed by atoms with E-state index in [9.17, 15) is 9.59 Å². The quantitative estimate of drug-likeness (QED) is 0.192. The van der Waals surface area contributed by atoms with Crippen molar-refractivity contribution in [3.63, 3.8) is 0 Å². The number of nitrogens with one attached hydrogen (secondary N) is 1. The van der Waals surface area contributed by atoms with E-state index in [1.54, 1.807) is 49.4 Å². The van der Waals surface area contributed by atoms with Gasteiger partial charge in [0.25, 0.3) is 11.7 Å². The average molecular weight is 503 g/mol. The second kappa shape index (κ2) is 9.43. The Kier molecular flexibility index (Phi) is 6.61. The van der Waals surface area contributed by atoms with Crippen molar-refractivity contribution in [1.29, 1.82) is 0 Å². The number of ketones is 1. The van der Waals surface area contributed by atoms with Gasteiger partial charge in [0.05, 0.1) is 19.2 Å². The molecule has 0 saturated heterocycles. The highest BCUT2D eigenvalue weighted by Crippen LogP contribution is 2.30. The number of carbonyl (C=O) groups excluding carboxylic acids is 2. The van der Waals surface area contributed by atoms with E-state index in [-0.39, 0.29) is 17.3 Å². The Labute approximate surface area is 205 Å². The number of aromatic nitrogens is 2. The van der Waals surface area contributed by atoms with Gasteiger partial charge in [0.2, 0.25) is 0 Å². The topological polar surface area (TPSA) is 75.3 Å². The van der Waals surface area contributed by atoms with Crippen LogP contribution in [0.5, 0.6) is 5.75 Å². The van der Waals surface area contributed by atoms with Crippen molar-refractivity contribution in [3.05, 3.63) is 86.7 Å². The zero-order chi connectivity index (χ0) is 23.7. The summed E-state index contributed by atoms with van der Waals surface area (Å²) in [7, 11) is 1.54. The van der Waals surface area contributed by atoms with E-state index in [4.69, 9.17) is 39.5 Å². The molecule has 2 aromatic heterocycles. The molecule has 33 heavy (non-hydrogen) atoms. The van der Waals surface area contributed by atoms with Gasteiger partial charge in [-0.2, -0.15) is 0 Å². The lowest BCUT2D eigenvalue weighted by Crippen LogP contribution is -2.36. The third-order valence-electron chi connectivity index (χ3n) is 5.23. The third kappa shape index (κ3) is 4.69. The van der Waals surface area contributed by atoms with Crippen LogP contribution in [0.25, 0.3) is 10.9 Å². The van der Waals surface area contributed by atoms with E-state index in [1.165, 1.54) is 24.3 Å². The zero-order valence-corrected chi connectivity index (χ0v) is 19.9. The second-order valence-electron chi connectivity index (χ2n) is 7.33. The summed E-state index contributed by atoms with van der Waals surface area (Å²) in [6.07, 6.45) is 1.47. The molecule has 6 nitrogen and oxygen atoms in total. The Hall–Kier alpha value is -3.06. The molecule has 2 heterocycles. The van der Waals surface area contributed by atoms with Gasteiger partial charge in [-0.15, -0.1) is 0 Å². The lowest BCUT2D eigenvalue weighted by molar-refractivity contribution is -0.114. The maximum absolute atomic E-state index is 13.6. The van der Waals surface area contributed by atoms with Crippen molar-refractivity contribution in [1.82, 2.24) is 9.97 Å². The van der Waals surface area contributed by atoms with Gasteiger partial charge < -0.3 is 14.6 Å². The maximum Gasteiger partial charge on any atom is 0.299 e. The fourth-order valence-electron chi connectivity index (χ4n) is 3.62. The minimum Gasteiger partial charge on any atom is -0.497 e. The number of ether oxygens (including phenoxy) is 1. The number of anilines is 1. The van der Waals surface area contributed by atoms with Crippen LogP contribution in [-0.4, -0.2) is 28.8 Å². The molecule has 9 heteroatoms. The number of benzene rings is 2. The smallest absolute Gasteiger partial charge is 0.299 e. The van der Waals surface area contributed by atoms with Gasteiger partial charge >= 0.3 is 0 Å². The number of rotatable bonds is 6. The van der Waals surface area contributed by atoms with E-state index >= 15 is 0 Å². The van der Waals surface area contributed by atoms with Crippen LogP contribution in [0, 0.1) is 6.92 Å². The highest BCUT2D eigenvalue weighted by Gasteiger charge is 2.29. The molecule has 0 fully saturated rings. The molecular formula is C24H18Cl3N3O3. The summed E-state index contributed by atoms with van der Waals surface area (Å²) < 4.78 is 5.29. The maximum atomic E-state index is 13.6. The van der Waals surface area contributed by atoms with E-state index in [0.717, 1.165) is 5.52 Å². The van der Waals surface area contributed by atoms with Crippen molar-refractivity contribution in [3.8, 4) is 5.75 Å². The fraction of sp³-hybridized carbons (Fsp3) is 0.125. The van der Waals surface area contributed by atoms with Crippen molar-refractivity contribution in [2.75, 3.05) is 12.0 Å². The van der Waals surface area contributed by atoms with Gasteiger partial charge in [0, 0.05) is 38.5 Å². The number of hydrogen-bond donors (Lipinski definition) is 1. The Balaban J connectivity index is 1.79. The number of pyridine rings is 1. The Bertz CT molecular complexity index is 1380. The van der Waals surface area contributed by atoms with Gasteiger partial charge in [-0.25, -0.2) is 4.98 Å². The fourth-order valence-corrected chi connectivity index (χ4v) is 4.25. The van der Waals surface area contributed by atoms with E-state index < -0.39 is 11.7 Å². The van der Waals surface area contributed by atoms with Crippen molar-refractivity contribution < 1.29 is 14.3 Å². The first-order chi connectivity index (χ1) is 15.8. The molecule has 0 aliphatic heterocycles. The molecule has 0 saturated carbocycles. The van der Waals surface area contributed by atoms with Gasteiger partial charge in [-0.05, 0) is 55.0 Å². The molecule has 0 spiro atoms. The molecule has 0 bridgehead atoms. The summed E-state index contributed by atoms with van der Waals surface area (Å²) in [6.45, 7) is 1.78. The number of aromatic amines is 1. The van der Waals surface area contributed by atoms with Crippen molar-refractivity contribution in [2.24, 2.45) is 0 Å². The molecular weight excluding hydrogens is 485 g/mol. The summed E-state index contributed by atoms with van der Waals surface area (Å²) in [5.41, 5.74) is 2.61. The van der Waals surface area contributed by atoms with Crippen LogP contribution in [0.4, 0.5) is 5.69 Å². The molecule has 1 amide bonds. The highest BCUT2D eigenvalue weighted by atomic mass is 35.5. The number of H-pyrrole nitrogens is 1. The molecule has 4 rings (SSSR count). The van der Waals surface area contributed by atoms with E-state index in [2.05, 4.69) is 9.97 Å². The monoisotopic (exact) mass is 501 g/mol. The molecule has 0 aliphatic carbocycles. The molecule has 0 atom stereocenters. The van der Waals surface area contributed by atoms with Gasteiger partial charge in [-0.3, -0.25) is 9.59 Å². The highest BCUT2D eigenvalue weighted by molar-refractivity contribution is 6.49. The third-order valence-corrected chi connectivity index (χ3v) is 6.02. The number of nitrogens with zero attached hydrogens (tertiary/aromatic N) is 2. The Morgan fingerprint density at radius 3 is 2.55 bits per heavy atom. The number of halogens is 3. The van der Waals surface area contributed by atoms with E-state index in [0.29, 0.717) is 38.1 Å². The summed E-state index contributed by atoms with van der Waals surface area (Å²) in [6, 6.07) is 13.4. The van der Waals surface area contributed by atoms with Gasteiger partial charge in [-0.1, -0.05) is 40.9 Å². The predicted molar refractivity (Wildman–Crippen MR) is 131 cm³/mol. The summed E-state index contributed by atoms with van der Waals surface area (Å²) in [4.78, 5) is 35.5. The van der Waals surface area contributed by atoms with Crippen molar-refractivity contribution in [2.45, 2.75) is 13.5 Å². The first-order valence-electron chi connectivity index (χ1n) is 9.86. The molecule has 1 N–H and O–H groups in total. The van der Waals surface area contributed by atoms with Gasteiger partial charge in [0.15, 0.2) is 0 Å². The lowest BCUT2D eigenvalue weighted by Gasteiger charge is -2.23. The van der Waals surface area contributed by atoms with Crippen LogP contribution in [0.2, 0.25) is 15.2 Å². The summed E-state index contributed by atoms with van der Waals surface area (Å²) >= 11 is 18.4. The Morgan fingerprint density at radius 2 is 1.85 bits per heavy atom. The first kappa shape index (κ1) is 23.1. The molecule has 2 aromatic carbocycles. The van der Waals surface area contributed by atoms with Crippen LogP contribution in [0.15, 0.2) is 54.7 Å². The number of Topliss-reactive ketones (excluding diaryl/α,β-unsaturated/α-hetero) is 1. The largest absolute Gasteiger partial charge is 0.497 e. The minimum atomic E-state index is -0.741. The summed E-state index contributed by atoms with van der Waals surface area (Å²) in [5, 5.41) is 1.63. The summed E-state index contributed by atoms with van der Waals surface area (Å²) in [5.74, 6) is -0.839. The molecule has 0 unspecified atom stereocenters. The minimum absolute atomic E-state index is 0.0334. The standard InChI is InChI=1S/C24H18Cl3N3O3/c1-13-22(18-11-17(33-2)5-6-20(18)29-13)23(31)24(32)30(16-7-8-28-21(27)10-16)12-14-3-4-15(25)9-19(14)26/h3-11,29H,12H2,1-2H3. The number of methoxy groups -OCH3 is 1. The zero-order valence-electron chi connectivity index (χ0n) is 17.7. The number of aryl methyl sites for hydroxylation is 1. The lowest BCUT2D eigenvalue weighted by atomic mass is 10.0. The van der Waals surface area contributed by atoms with E-state index in [1.807, 2.05) is 0 Å². The van der Waals surface area contributed by atoms with Crippen LogP contribution < -0.4 is 9.64 Å². The number of carbonyl (C=O) groups is 2. The van der Waals surface area contributed by atoms with Crippen LogP contribution >= 0.6 is 34.8 Å².